The minimum atomic E-state index is 0.654. The molecule has 132 valence electrons. The van der Waals surface area contributed by atoms with E-state index >= 15 is 0 Å². The number of benzene rings is 1. The summed E-state index contributed by atoms with van der Waals surface area (Å²) in [6.45, 7) is 0. The molecule has 0 saturated carbocycles. The van der Waals surface area contributed by atoms with Gasteiger partial charge in [-0.25, -0.2) is 0 Å². The summed E-state index contributed by atoms with van der Waals surface area (Å²) in [5.74, 6) is 0.819. The van der Waals surface area contributed by atoms with Crippen LogP contribution in [-0.4, -0.2) is 34.6 Å². The molecule has 0 atom stereocenters. The Hall–Kier alpha value is -2.88. The van der Waals surface area contributed by atoms with Crippen molar-refractivity contribution in [3.8, 4) is 11.1 Å². The van der Waals surface area contributed by atoms with E-state index < -0.39 is 0 Å². The summed E-state index contributed by atoms with van der Waals surface area (Å²) in [5.41, 5.74) is 4.97. The molecule has 0 amide bonds. The van der Waals surface area contributed by atoms with Crippen molar-refractivity contribution < 1.29 is 0 Å². The van der Waals surface area contributed by atoms with E-state index in [0.717, 1.165) is 42.8 Å². The molecule has 0 N–H and O–H groups in total. The van der Waals surface area contributed by atoms with E-state index in [2.05, 4.69) is 66.2 Å². The van der Waals surface area contributed by atoms with Crippen LogP contribution in [0.1, 0.15) is 11.4 Å². The van der Waals surface area contributed by atoms with Gasteiger partial charge in [0.1, 0.15) is 3.70 Å². The predicted octanol–water partition coefficient (Wildman–Crippen LogP) is 3.27. The van der Waals surface area contributed by atoms with Gasteiger partial charge in [-0.15, -0.1) is 10.2 Å². The van der Waals surface area contributed by atoms with Gasteiger partial charge < -0.3 is 0 Å². The summed E-state index contributed by atoms with van der Waals surface area (Å²) in [4.78, 5) is 4.58. The van der Waals surface area contributed by atoms with Crippen molar-refractivity contribution in [1.82, 2.24) is 34.6 Å². The maximum absolute atomic E-state index is 4.58. The lowest BCUT2D eigenvalue weighted by atomic mass is 10.0. The van der Waals surface area contributed by atoms with Crippen molar-refractivity contribution >= 4 is 39.1 Å². The van der Waals surface area contributed by atoms with Crippen LogP contribution in [0.3, 0.4) is 0 Å². The van der Waals surface area contributed by atoms with E-state index in [4.69, 9.17) is 0 Å². The summed E-state index contributed by atoms with van der Waals surface area (Å²) in [6, 6.07) is 12.3. The molecule has 27 heavy (non-hydrogen) atoms. The van der Waals surface area contributed by atoms with Crippen LogP contribution >= 0.6 is 22.6 Å². The van der Waals surface area contributed by atoms with E-state index in [9.17, 15) is 0 Å². The zero-order valence-electron chi connectivity index (χ0n) is 14.4. The number of rotatable bonds is 3. The Labute approximate surface area is 168 Å². The van der Waals surface area contributed by atoms with Gasteiger partial charge in [-0.05, 0) is 58.5 Å². The molecule has 0 aliphatic carbocycles. The van der Waals surface area contributed by atoms with Crippen LogP contribution in [0.4, 0.5) is 0 Å². The first-order valence-corrected chi connectivity index (χ1v) is 9.48. The molecule has 4 aromatic heterocycles. The van der Waals surface area contributed by atoms with E-state index in [0.29, 0.717) is 6.42 Å². The number of nitrogens with zero attached hydrogens (tertiary/aromatic N) is 7. The van der Waals surface area contributed by atoms with E-state index in [1.807, 2.05) is 43.8 Å². The van der Waals surface area contributed by atoms with Crippen molar-refractivity contribution in [2.45, 2.75) is 6.42 Å². The molecule has 4 heterocycles. The van der Waals surface area contributed by atoms with Gasteiger partial charge in [0, 0.05) is 42.4 Å². The average Bonchev–Trinajstić information content (AvgIpc) is 3.27. The number of aryl methyl sites for hydroxylation is 1. The van der Waals surface area contributed by atoms with Gasteiger partial charge in [-0.1, -0.05) is 6.07 Å². The summed E-state index contributed by atoms with van der Waals surface area (Å²) in [7, 11) is 1.91. The van der Waals surface area contributed by atoms with Crippen LogP contribution in [-0.2, 0) is 13.5 Å². The Kier molecular flexibility index (Phi) is 3.85. The minimum absolute atomic E-state index is 0.654. The van der Waals surface area contributed by atoms with Crippen molar-refractivity contribution in [3.05, 3.63) is 70.1 Å². The monoisotopic (exact) mass is 467 g/mol. The highest BCUT2D eigenvalue weighted by atomic mass is 127. The Morgan fingerprint density at radius 3 is 2.78 bits per heavy atom. The van der Waals surface area contributed by atoms with Crippen LogP contribution in [0.15, 0.2) is 55.0 Å². The third kappa shape index (κ3) is 3.05. The number of hydrogen-bond acceptors (Lipinski definition) is 5. The zero-order valence-corrected chi connectivity index (χ0v) is 16.6. The fourth-order valence-corrected chi connectivity index (χ4v) is 3.52. The van der Waals surface area contributed by atoms with Crippen molar-refractivity contribution in [2.75, 3.05) is 0 Å². The molecule has 0 aliphatic rings. The number of hydrogen-bond donors (Lipinski definition) is 0. The van der Waals surface area contributed by atoms with Crippen LogP contribution in [0.25, 0.3) is 27.7 Å². The summed E-state index contributed by atoms with van der Waals surface area (Å²) >= 11 is 2.19. The molecule has 0 unspecified atom stereocenters. The Morgan fingerprint density at radius 1 is 1.00 bits per heavy atom. The smallest absolute Gasteiger partial charge is 0.177 e. The largest absolute Gasteiger partial charge is 0.275 e. The van der Waals surface area contributed by atoms with Gasteiger partial charge >= 0.3 is 0 Å². The van der Waals surface area contributed by atoms with E-state index in [1.165, 1.54) is 0 Å². The standard InChI is InChI=1S/C19H14IN7/c1-26-11-15(10-22-26)14-8-13-6-12(2-3-16(13)21-9-14)7-19-24-23-18-5-4-17(20)25-27(18)19/h2-6,8-11H,7H2,1H3. The maximum Gasteiger partial charge on any atom is 0.177 e. The molecule has 1 aromatic carbocycles. The first-order valence-electron chi connectivity index (χ1n) is 8.40. The average molecular weight is 467 g/mol. The van der Waals surface area contributed by atoms with E-state index in [1.54, 1.807) is 9.20 Å². The minimum Gasteiger partial charge on any atom is -0.275 e. The molecular formula is C19H14IN7. The lowest BCUT2D eigenvalue weighted by Crippen LogP contribution is -2.01. The second-order valence-corrected chi connectivity index (χ2v) is 7.48. The van der Waals surface area contributed by atoms with Gasteiger partial charge in [0.25, 0.3) is 0 Å². The molecular weight excluding hydrogens is 453 g/mol. The van der Waals surface area contributed by atoms with Crippen LogP contribution in [0.5, 0.6) is 0 Å². The molecule has 7 nitrogen and oxygen atoms in total. The van der Waals surface area contributed by atoms with Gasteiger partial charge in [-0.3, -0.25) is 9.67 Å². The molecule has 0 spiro atoms. The van der Waals surface area contributed by atoms with Crippen LogP contribution < -0.4 is 0 Å². The lowest BCUT2D eigenvalue weighted by Gasteiger charge is -2.05. The number of aromatic nitrogens is 7. The molecule has 0 bridgehead atoms. The summed E-state index contributed by atoms with van der Waals surface area (Å²) in [6.07, 6.45) is 6.38. The molecule has 0 fully saturated rings. The first-order chi connectivity index (χ1) is 13.2. The SMILES string of the molecule is Cn1cc(-c2cnc3ccc(Cc4nnc5ccc(I)nn45)cc3c2)cn1. The molecule has 8 heteroatoms. The zero-order chi connectivity index (χ0) is 18.4. The first kappa shape index (κ1) is 16.3. The summed E-state index contributed by atoms with van der Waals surface area (Å²) in [5, 5.41) is 18.3. The predicted molar refractivity (Wildman–Crippen MR) is 110 cm³/mol. The molecule has 5 aromatic rings. The highest BCUT2D eigenvalue weighted by Crippen LogP contribution is 2.23. The van der Waals surface area contributed by atoms with Crippen molar-refractivity contribution in [1.29, 1.82) is 0 Å². The van der Waals surface area contributed by atoms with Gasteiger partial charge in [0.05, 0.1) is 11.7 Å². The Morgan fingerprint density at radius 2 is 1.93 bits per heavy atom. The molecule has 0 saturated heterocycles. The summed E-state index contributed by atoms with van der Waals surface area (Å²) < 4.78 is 4.50. The Bertz CT molecular complexity index is 1290. The maximum atomic E-state index is 4.58. The molecule has 5 rings (SSSR count). The van der Waals surface area contributed by atoms with Crippen LogP contribution in [0.2, 0.25) is 0 Å². The second-order valence-electron chi connectivity index (χ2n) is 6.37. The molecule has 0 aliphatic heterocycles. The highest BCUT2D eigenvalue weighted by molar-refractivity contribution is 14.1. The van der Waals surface area contributed by atoms with E-state index in [-0.39, 0.29) is 0 Å². The van der Waals surface area contributed by atoms with Crippen LogP contribution in [0, 0.1) is 3.70 Å². The number of halogens is 1. The van der Waals surface area contributed by atoms with Gasteiger partial charge in [-0.2, -0.15) is 14.7 Å². The lowest BCUT2D eigenvalue weighted by molar-refractivity contribution is 0.768. The van der Waals surface area contributed by atoms with Gasteiger partial charge in [0.15, 0.2) is 11.5 Å². The fraction of sp³-hybridized carbons (Fsp3) is 0.105. The quantitative estimate of drug-likeness (QED) is 0.381. The molecule has 0 radical (unpaired) electrons. The Balaban J connectivity index is 1.54. The topological polar surface area (TPSA) is 73.8 Å². The third-order valence-electron chi connectivity index (χ3n) is 4.44. The normalized spacial score (nSPS) is 11.5. The van der Waals surface area contributed by atoms with Crippen molar-refractivity contribution in [2.24, 2.45) is 7.05 Å². The highest BCUT2D eigenvalue weighted by Gasteiger charge is 2.09. The van der Waals surface area contributed by atoms with Crippen molar-refractivity contribution in [3.63, 3.8) is 0 Å². The fourth-order valence-electron chi connectivity index (χ4n) is 3.12. The number of pyridine rings is 1. The second kappa shape index (κ2) is 6.38. The number of fused-ring (bicyclic) bond motifs is 2. The van der Waals surface area contributed by atoms with Gasteiger partial charge in [0.2, 0.25) is 0 Å². The third-order valence-corrected chi connectivity index (χ3v) is 5.02.